The summed E-state index contributed by atoms with van der Waals surface area (Å²) in [6.45, 7) is 4.33. The van der Waals surface area contributed by atoms with Gasteiger partial charge in [0, 0.05) is 18.7 Å². The molecule has 1 heterocycles. The molecule has 0 aromatic heterocycles. The van der Waals surface area contributed by atoms with E-state index < -0.39 is 0 Å². The second-order valence-electron chi connectivity index (χ2n) is 7.67. The van der Waals surface area contributed by atoms with Gasteiger partial charge in [-0.25, -0.2) is 5.01 Å². The second kappa shape index (κ2) is 11.2. The Morgan fingerprint density at radius 1 is 1.16 bits per heavy atom. The first-order valence-corrected chi connectivity index (χ1v) is 11.1. The summed E-state index contributed by atoms with van der Waals surface area (Å²) in [5.41, 5.74) is 2.14. The number of amides is 1. The zero-order valence-corrected chi connectivity index (χ0v) is 19.8. The van der Waals surface area contributed by atoms with Gasteiger partial charge in [-0.05, 0) is 70.3 Å². The van der Waals surface area contributed by atoms with E-state index in [0.717, 1.165) is 30.7 Å². The number of rotatable bonds is 9. The lowest BCUT2D eigenvalue weighted by atomic mass is 10.0. The normalized spacial score (nSPS) is 13.7. The average molecular weight is 460 g/mol. The second-order valence-corrected chi connectivity index (χ2v) is 8.08. The molecular formula is C24H30ClN3O4. The molecule has 32 heavy (non-hydrogen) atoms. The summed E-state index contributed by atoms with van der Waals surface area (Å²) < 4.78 is 16.7. The Bertz CT molecular complexity index is 978. The highest BCUT2D eigenvalue weighted by Gasteiger charge is 2.23. The van der Waals surface area contributed by atoms with E-state index in [0.29, 0.717) is 47.6 Å². The number of hydrazone groups is 1. The number of halogens is 1. The molecule has 172 valence electrons. The number of hydrogen-bond donors (Lipinski definition) is 0. The van der Waals surface area contributed by atoms with E-state index in [4.69, 9.17) is 25.8 Å². The number of hydrogen-bond acceptors (Lipinski definition) is 6. The summed E-state index contributed by atoms with van der Waals surface area (Å²) in [5.74, 6) is 1.73. The molecule has 0 saturated carbocycles. The first-order valence-electron chi connectivity index (χ1n) is 10.7. The average Bonchev–Trinajstić information content (AvgIpc) is 2.79. The lowest BCUT2D eigenvalue weighted by Crippen LogP contribution is -2.32. The number of likely N-dealkylation sites (N-methyl/N-ethyl adjacent to an activating group) is 1. The molecule has 0 atom stereocenters. The molecule has 1 aliphatic rings. The lowest BCUT2D eigenvalue weighted by molar-refractivity contribution is 0.0752. The third kappa shape index (κ3) is 5.93. The van der Waals surface area contributed by atoms with Gasteiger partial charge in [0.1, 0.15) is 12.4 Å². The molecule has 1 amide bonds. The minimum atomic E-state index is -0.231. The molecule has 0 spiro atoms. The molecule has 0 fully saturated rings. The van der Waals surface area contributed by atoms with Gasteiger partial charge in [0.2, 0.25) is 0 Å². The van der Waals surface area contributed by atoms with E-state index in [1.54, 1.807) is 25.3 Å². The number of carbonyl (C=O) groups is 1. The fourth-order valence-corrected chi connectivity index (χ4v) is 3.61. The molecule has 8 heteroatoms. The number of ether oxygens (including phenoxy) is 3. The van der Waals surface area contributed by atoms with Crippen LogP contribution in [0.1, 0.15) is 35.7 Å². The zero-order valence-electron chi connectivity index (χ0n) is 19.1. The van der Waals surface area contributed by atoms with Crippen LogP contribution in [0.25, 0.3) is 0 Å². The highest BCUT2D eigenvalue weighted by atomic mass is 35.5. The van der Waals surface area contributed by atoms with Crippen LogP contribution in [-0.4, -0.2) is 69.0 Å². The Hall–Kier alpha value is -2.77. The summed E-state index contributed by atoms with van der Waals surface area (Å²) >= 11 is 6.41. The minimum Gasteiger partial charge on any atom is -0.493 e. The first-order chi connectivity index (χ1) is 15.4. The molecule has 0 bridgehead atoms. The smallest absolute Gasteiger partial charge is 0.275 e. The Morgan fingerprint density at radius 2 is 1.97 bits per heavy atom. The van der Waals surface area contributed by atoms with Crippen LogP contribution in [0.4, 0.5) is 0 Å². The Kier molecular flexibility index (Phi) is 8.36. The maximum absolute atomic E-state index is 13.1. The maximum atomic E-state index is 13.1. The third-order valence-electron chi connectivity index (χ3n) is 5.03. The van der Waals surface area contributed by atoms with Crippen LogP contribution in [0.5, 0.6) is 17.2 Å². The van der Waals surface area contributed by atoms with Crippen LogP contribution < -0.4 is 14.2 Å². The van der Waals surface area contributed by atoms with Crippen molar-refractivity contribution < 1.29 is 19.0 Å². The monoisotopic (exact) mass is 459 g/mol. The standard InChI is InChI=1S/C24H30ClN3O4/c1-5-31-23-15-17(8-11-22(23)30-4)21-7-6-12-28(26-21)24(29)19-10-9-18(16-20(19)25)32-14-13-27(2)3/h8-11,15-16H,5-7,12-14H2,1-4H3. The van der Waals surface area contributed by atoms with Gasteiger partial charge in [0.15, 0.2) is 11.5 Å². The van der Waals surface area contributed by atoms with Gasteiger partial charge in [0.05, 0.1) is 30.0 Å². The molecule has 3 rings (SSSR count). The van der Waals surface area contributed by atoms with Gasteiger partial charge < -0.3 is 19.1 Å². The summed E-state index contributed by atoms with van der Waals surface area (Å²) in [6.07, 6.45) is 1.58. The number of benzene rings is 2. The number of nitrogens with zero attached hydrogens (tertiary/aromatic N) is 3. The summed E-state index contributed by atoms with van der Waals surface area (Å²) in [5, 5.41) is 6.46. The van der Waals surface area contributed by atoms with Crippen LogP contribution in [0.3, 0.4) is 0 Å². The van der Waals surface area contributed by atoms with E-state index in [1.165, 1.54) is 5.01 Å². The van der Waals surface area contributed by atoms with Crippen LogP contribution >= 0.6 is 11.6 Å². The number of methoxy groups -OCH3 is 1. The van der Waals surface area contributed by atoms with E-state index in [9.17, 15) is 4.79 Å². The van der Waals surface area contributed by atoms with Crippen molar-refractivity contribution in [1.29, 1.82) is 0 Å². The molecule has 0 saturated heterocycles. The van der Waals surface area contributed by atoms with Gasteiger partial charge in [-0.15, -0.1) is 0 Å². The largest absolute Gasteiger partial charge is 0.493 e. The molecule has 2 aromatic rings. The van der Waals surface area contributed by atoms with Gasteiger partial charge in [-0.3, -0.25) is 4.79 Å². The SMILES string of the molecule is CCOc1cc(C2=NN(C(=O)c3ccc(OCCN(C)C)cc3Cl)CCC2)ccc1OC. The predicted molar refractivity (Wildman–Crippen MR) is 126 cm³/mol. The van der Waals surface area contributed by atoms with Crippen LogP contribution in [0.2, 0.25) is 5.02 Å². The fourth-order valence-electron chi connectivity index (χ4n) is 3.36. The quantitative estimate of drug-likeness (QED) is 0.558. The third-order valence-corrected chi connectivity index (χ3v) is 5.35. The van der Waals surface area contributed by atoms with Crippen molar-refractivity contribution in [3.8, 4) is 17.2 Å². The highest BCUT2D eigenvalue weighted by molar-refractivity contribution is 6.34. The van der Waals surface area contributed by atoms with Gasteiger partial charge in [0.25, 0.3) is 5.91 Å². The molecule has 0 unspecified atom stereocenters. The van der Waals surface area contributed by atoms with E-state index in [2.05, 4.69) is 5.10 Å². The van der Waals surface area contributed by atoms with Crippen molar-refractivity contribution in [2.24, 2.45) is 5.10 Å². The van der Waals surface area contributed by atoms with Crippen molar-refractivity contribution in [3.05, 3.63) is 52.5 Å². The van der Waals surface area contributed by atoms with E-state index >= 15 is 0 Å². The topological polar surface area (TPSA) is 63.6 Å². The molecule has 1 aliphatic heterocycles. The summed E-state index contributed by atoms with van der Waals surface area (Å²) in [4.78, 5) is 15.2. The van der Waals surface area contributed by atoms with Gasteiger partial charge >= 0.3 is 0 Å². The van der Waals surface area contributed by atoms with Crippen LogP contribution in [0, 0.1) is 0 Å². The molecular weight excluding hydrogens is 430 g/mol. The van der Waals surface area contributed by atoms with Crippen molar-refractivity contribution in [3.63, 3.8) is 0 Å². The molecule has 2 aromatic carbocycles. The lowest BCUT2D eigenvalue weighted by Gasteiger charge is -2.24. The van der Waals surface area contributed by atoms with E-state index in [1.807, 2.05) is 44.1 Å². The molecule has 0 radical (unpaired) electrons. The van der Waals surface area contributed by atoms with Crippen molar-refractivity contribution in [1.82, 2.24) is 9.91 Å². The van der Waals surface area contributed by atoms with Gasteiger partial charge in [-0.2, -0.15) is 5.10 Å². The number of carbonyl (C=O) groups excluding carboxylic acids is 1. The van der Waals surface area contributed by atoms with Crippen LogP contribution in [0.15, 0.2) is 41.5 Å². The van der Waals surface area contributed by atoms with Crippen molar-refractivity contribution >= 4 is 23.2 Å². The van der Waals surface area contributed by atoms with E-state index in [-0.39, 0.29) is 5.91 Å². The predicted octanol–water partition coefficient (Wildman–Crippen LogP) is 4.33. The van der Waals surface area contributed by atoms with Crippen molar-refractivity contribution in [2.75, 3.05) is 47.5 Å². The van der Waals surface area contributed by atoms with Crippen LogP contribution in [-0.2, 0) is 0 Å². The fraction of sp³-hybridized carbons (Fsp3) is 0.417. The van der Waals surface area contributed by atoms with Gasteiger partial charge in [-0.1, -0.05) is 11.6 Å². The Balaban J connectivity index is 1.77. The molecule has 0 aliphatic carbocycles. The summed E-state index contributed by atoms with van der Waals surface area (Å²) in [7, 11) is 5.57. The van der Waals surface area contributed by atoms with Crippen molar-refractivity contribution in [2.45, 2.75) is 19.8 Å². The highest BCUT2D eigenvalue weighted by Crippen LogP contribution is 2.30. The molecule has 0 N–H and O–H groups in total. The Morgan fingerprint density at radius 3 is 2.66 bits per heavy atom. The Labute approximate surface area is 194 Å². The zero-order chi connectivity index (χ0) is 23.1. The maximum Gasteiger partial charge on any atom is 0.275 e. The minimum absolute atomic E-state index is 0.231. The summed E-state index contributed by atoms with van der Waals surface area (Å²) in [6, 6.07) is 10.8. The molecule has 7 nitrogen and oxygen atoms in total. The first kappa shape index (κ1) is 23.9.